The fourth-order valence-corrected chi connectivity index (χ4v) is 1.59. The number of hydrazine groups is 1. The molecule has 18 heavy (non-hydrogen) atoms. The number of hydrogen-bond donors (Lipinski definition) is 4. The van der Waals surface area contributed by atoms with Gasteiger partial charge in [0.1, 0.15) is 6.04 Å². The predicted molar refractivity (Wildman–Crippen MR) is 69.5 cm³/mol. The number of benzene rings is 1. The molecule has 0 saturated heterocycles. The largest absolute Gasteiger partial charge is 0.368 e. The van der Waals surface area contributed by atoms with Gasteiger partial charge in [0.25, 0.3) is 5.91 Å². The van der Waals surface area contributed by atoms with Crippen LogP contribution in [0, 0.1) is 5.92 Å². The Hall–Kier alpha value is -2.08. The second-order valence-corrected chi connectivity index (χ2v) is 4.29. The lowest BCUT2D eigenvalue weighted by atomic mass is 10.0. The van der Waals surface area contributed by atoms with Crippen LogP contribution in [0.2, 0.25) is 0 Å². The van der Waals surface area contributed by atoms with E-state index in [2.05, 4.69) is 10.7 Å². The number of para-hydroxylation sites is 1. The van der Waals surface area contributed by atoms with Crippen LogP contribution in [-0.2, 0) is 4.79 Å². The molecule has 1 atom stereocenters. The van der Waals surface area contributed by atoms with Gasteiger partial charge in [-0.2, -0.15) is 0 Å². The molecule has 1 unspecified atom stereocenters. The molecule has 0 fully saturated rings. The maximum atomic E-state index is 12.0. The van der Waals surface area contributed by atoms with Crippen molar-refractivity contribution in [2.24, 2.45) is 17.5 Å². The number of carbonyl (C=O) groups excluding carboxylic acids is 2. The Morgan fingerprint density at radius 2 is 1.83 bits per heavy atom. The van der Waals surface area contributed by atoms with Crippen molar-refractivity contribution in [3.8, 4) is 0 Å². The van der Waals surface area contributed by atoms with Gasteiger partial charge in [0.15, 0.2) is 0 Å². The molecule has 98 valence electrons. The van der Waals surface area contributed by atoms with Crippen molar-refractivity contribution in [2.75, 3.05) is 5.43 Å². The van der Waals surface area contributed by atoms with Gasteiger partial charge in [-0.15, -0.1) is 0 Å². The summed E-state index contributed by atoms with van der Waals surface area (Å²) in [7, 11) is 0. The summed E-state index contributed by atoms with van der Waals surface area (Å²) in [5.74, 6) is 4.29. The standard InChI is InChI=1S/C12H18N4O2/c1-7(2)10(11(13)17)15-12(18)8-5-3-4-6-9(8)16-14/h3-7,10,16H,14H2,1-2H3,(H2,13,17)(H,15,18). The summed E-state index contributed by atoms with van der Waals surface area (Å²) < 4.78 is 0. The second kappa shape index (κ2) is 6.02. The first kappa shape index (κ1) is 14.0. The zero-order valence-corrected chi connectivity index (χ0v) is 10.4. The van der Waals surface area contributed by atoms with E-state index in [1.54, 1.807) is 24.3 Å². The van der Waals surface area contributed by atoms with E-state index in [0.29, 0.717) is 11.3 Å². The molecule has 0 heterocycles. The van der Waals surface area contributed by atoms with Crippen LogP contribution in [0.25, 0.3) is 0 Å². The Balaban J connectivity index is 2.90. The van der Waals surface area contributed by atoms with E-state index >= 15 is 0 Å². The highest BCUT2D eigenvalue weighted by Gasteiger charge is 2.23. The highest BCUT2D eigenvalue weighted by Crippen LogP contribution is 2.14. The Kier molecular flexibility index (Phi) is 4.67. The Bertz CT molecular complexity index is 445. The lowest BCUT2D eigenvalue weighted by Gasteiger charge is -2.19. The van der Waals surface area contributed by atoms with Gasteiger partial charge in [0.05, 0.1) is 11.3 Å². The summed E-state index contributed by atoms with van der Waals surface area (Å²) in [5.41, 5.74) is 8.53. The molecule has 0 bridgehead atoms. The molecule has 1 aromatic carbocycles. The van der Waals surface area contributed by atoms with Gasteiger partial charge >= 0.3 is 0 Å². The topological polar surface area (TPSA) is 110 Å². The lowest BCUT2D eigenvalue weighted by Crippen LogP contribution is -2.47. The van der Waals surface area contributed by atoms with Gasteiger partial charge in [0.2, 0.25) is 5.91 Å². The van der Waals surface area contributed by atoms with Crippen LogP contribution in [0.4, 0.5) is 5.69 Å². The average molecular weight is 250 g/mol. The van der Waals surface area contributed by atoms with Crippen molar-refractivity contribution in [1.82, 2.24) is 5.32 Å². The second-order valence-electron chi connectivity index (χ2n) is 4.29. The average Bonchev–Trinajstić information content (AvgIpc) is 2.34. The van der Waals surface area contributed by atoms with Crippen molar-refractivity contribution in [1.29, 1.82) is 0 Å². The summed E-state index contributed by atoms with van der Waals surface area (Å²) in [6.07, 6.45) is 0. The minimum Gasteiger partial charge on any atom is -0.368 e. The minimum absolute atomic E-state index is 0.0792. The third-order valence-electron chi connectivity index (χ3n) is 2.59. The van der Waals surface area contributed by atoms with E-state index in [9.17, 15) is 9.59 Å². The zero-order valence-electron chi connectivity index (χ0n) is 10.4. The van der Waals surface area contributed by atoms with Crippen molar-refractivity contribution in [2.45, 2.75) is 19.9 Å². The van der Waals surface area contributed by atoms with E-state index in [1.165, 1.54) is 0 Å². The third kappa shape index (κ3) is 3.21. The van der Waals surface area contributed by atoms with Gasteiger partial charge in [0, 0.05) is 0 Å². The molecule has 6 N–H and O–H groups in total. The van der Waals surface area contributed by atoms with Gasteiger partial charge in [-0.1, -0.05) is 26.0 Å². The van der Waals surface area contributed by atoms with E-state index in [4.69, 9.17) is 11.6 Å². The van der Waals surface area contributed by atoms with Crippen molar-refractivity contribution >= 4 is 17.5 Å². The van der Waals surface area contributed by atoms with Crippen LogP contribution in [0.1, 0.15) is 24.2 Å². The van der Waals surface area contributed by atoms with Crippen LogP contribution in [0.15, 0.2) is 24.3 Å². The molecule has 6 nitrogen and oxygen atoms in total. The molecule has 1 rings (SSSR count). The van der Waals surface area contributed by atoms with E-state index in [0.717, 1.165) is 0 Å². The highest BCUT2D eigenvalue weighted by atomic mass is 16.2. The molecular formula is C12H18N4O2. The normalized spacial score (nSPS) is 12.0. The van der Waals surface area contributed by atoms with Crippen LogP contribution >= 0.6 is 0 Å². The molecule has 0 spiro atoms. The van der Waals surface area contributed by atoms with Crippen LogP contribution in [0.5, 0.6) is 0 Å². The first-order valence-electron chi connectivity index (χ1n) is 5.63. The number of nitrogens with two attached hydrogens (primary N) is 2. The van der Waals surface area contributed by atoms with Crippen molar-refractivity contribution in [3.05, 3.63) is 29.8 Å². The highest BCUT2D eigenvalue weighted by molar-refractivity contribution is 6.01. The van der Waals surface area contributed by atoms with E-state index < -0.39 is 11.9 Å². The molecule has 6 heteroatoms. The van der Waals surface area contributed by atoms with Gasteiger partial charge in [-0.25, -0.2) is 0 Å². The summed E-state index contributed by atoms with van der Waals surface area (Å²) in [5, 5.41) is 2.60. The number of primary amides is 1. The molecule has 0 radical (unpaired) electrons. The molecule has 1 aromatic rings. The minimum atomic E-state index is -0.705. The number of nitrogens with one attached hydrogen (secondary N) is 2. The molecule has 0 aromatic heterocycles. The van der Waals surface area contributed by atoms with Crippen LogP contribution < -0.4 is 22.3 Å². The maximum Gasteiger partial charge on any atom is 0.254 e. The number of amides is 2. The number of anilines is 1. The smallest absolute Gasteiger partial charge is 0.254 e. The molecule has 0 aliphatic heterocycles. The summed E-state index contributed by atoms with van der Waals surface area (Å²) >= 11 is 0. The van der Waals surface area contributed by atoms with E-state index in [-0.39, 0.29) is 11.8 Å². The molecular weight excluding hydrogens is 232 g/mol. The molecule has 2 amide bonds. The van der Waals surface area contributed by atoms with Crippen LogP contribution in [0.3, 0.4) is 0 Å². The molecule has 0 saturated carbocycles. The first-order chi connectivity index (χ1) is 8.47. The quantitative estimate of drug-likeness (QED) is 0.442. The van der Waals surface area contributed by atoms with E-state index in [1.807, 2.05) is 13.8 Å². The Morgan fingerprint density at radius 3 is 2.33 bits per heavy atom. The summed E-state index contributed by atoms with van der Waals surface area (Å²) in [4.78, 5) is 23.3. The maximum absolute atomic E-state index is 12.0. The number of hydrogen-bond acceptors (Lipinski definition) is 4. The summed E-state index contributed by atoms with van der Waals surface area (Å²) in [6, 6.07) is 6.04. The Morgan fingerprint density at radius 1 is 1.22 bits per heavy atom. The van der Waals surface area contributed by atoms with Crippen LogP contribution in [-0.4, -0.2) is 17.9 Å². The predicted octanol–water partition coefficient (Wildman–Crippen LogP) is 0.212. The van der Waals surface area contributed by atoms with Gasteiger partial charge in [-0.3, -0.25) is 15.4 Å². The number of carbonyl (C=O) groups is 2. The monoisotopic (exact) mass is 250 g/mol. The zero-order chi connectivity index (χ0) is 13.7. The van der Waals surface area contributed by atoms with Gasteiger partial charge in [-0.05, 0) is 18.1 Å². The number of rotatable bonds is 5. The fourth-order valence-electron chi connectivity index (χ4n) is 1.59. The Labute approximate surface area is 106 Å². The molecule has 0 aliphatic rings. The lowest BCUT2D eigenvalue weighted by molar-refractivity contribution is -0.120. The fraction of sp³-hybridized carbons (Fsp3) is 0.333. The summed E-state index contributed by atoms with van der Waals surface area (Å²) in [6.45, 7) is 3.62. The number of nitrogen functional groups attached to an aromatic ring is 1. The van der Waals surface area contributed by atoms with Gasteiger partial charge < -0.3 is 16.5 Å². The third-order valence-corrected chi connectivity index (χ3v) is 2.59. The SMILES string of the molecule is CC(C)C(NC(=O)c1ccccc1NN)C(N)=O. The molecule has 0 aliphatic carbocycles. The van der Waals surface area contributed by atoms with Crippen molar-refractivity contribution in [3.63, 3.8) is 0 Å². The first-order valence-corrected chi connectivity index (χ1v) is 5.63. The van der Waals surface area contributed by atoms with Crippen molar-refractivity contribution < 1.29 is 9.59 Å².